The van der Waals surface area contributed by atoms with Gasteiger partial charge < -0.3 is 5.11 Å². The van der Waals surface area contributed by atoms with Crippen molar-refractivity contribution < 1.29 is 5.11 Å². The van der Waals surface area contributed by atoms with Gasteiger partial charge in [0.25, 0.3) is 0 Å². The van der Waals surface area contributed by atoms with Crippen LogP contribution in [-0.2, 0) is 0 Å². The first-order valence-electron chi connectivity index (χ1n) is 3.76. The molecule has 0 aromatic carbocycles. The second kappa shape index (κ2) is 1.73. The average molecular weight is 136 g/mol. The quantitative estimate of drug-likeness (QED) is 0.535. The number of aliphatic hydroxyl groups is 1. The molecule has 0 spiro atoms. The van der Waals surface area contributed by atoms with Crippen LogP contribution in [0.3, 0.4) is 0 Å². The van der Waals surface area contributed by atoms with Crippen molar-refractivity contribution in [3.8, 4) is 0 Å². The summed E-state index contributed by atoms with van der Waals surface area (Å²) < 4.78 is 0. The third kappa shape index (κ3) is 0.562. The van der Waals surface area contributed by atoms with Crippen LogP contribution in [0.1, 0.15) is 12.8 Å². The first-order chi connectivity index (χ1) is 4.70. The maximum atomic E-state index is 9.41. The third-order valence-corrected chi connectivity index (χ3v) is 2.88. The minimum absolute atomic E-state index is 0.122. The van der Waals surface area contributed by atoms with Crippen molar-refractivity contribution in [1.29, 1.82) is 0 Å². The van der Waals surface area contributed by atoms with Gasteiger partial charge in [-0.3, -0.25) is 0 Å². The van der Waals surface area contributed by atoms with Crippen LogP contribution in [0.2, 0.25) is 0 Å². The molecule has 2 bridgehead atoms. The number of hydrogen-bond acceptors (Lipinski definition) is 1. The second-order valence-corrected chi connectivity index (χ2v) is 3.39. The van der Waals surface area contributed by atoms with Gasteiger partial charge in [0.1, 0.15) is 0 Å². The summed E-state index contributed by atoms with van der Waals surface area (Å²) in [5, 5.41) is 9.41. The molecule has 2 fully saturated rings. The molecule has 1 N–H and O–H groups in total. The van der Waals surface area contributed by atoms with Crippen LogP contribution in [0, 0.1) is 11.8 Å². The molecular formula is C9H12O. The van der Waals surface area contributed by atoms with E-state index in [1.807, 2.05) is 0 Å². The fourth-order valence-corrected chi connectivity index (χ4v) is 2.17. The smallest absolute Gasteiger partial charge is 0.0614 e. The topological polar surface area (TPSA) is 20.2 Å². The van der Waals surface area contributed by atoms with E-state index in [1.54, 1.807) is 0 Å². The van der Waals surface area contributed by atoms with Crippen LogP contribution in [0.25, 0.3) is 0 Å². The van der Waals surface area contributed by atoms with E-state index in [4.69, 9.17) is 0 Å². The lowest BCUT2D eigenvalue weighted by Gasteiger charge is -2.19. The Hall–Kier alpha value is -0.560. The third-order valence-electron chi connectivity index (χ3n) is 2.88. The molecule has 0 aromatic heterocycles. The average Bonchev–Trinajstić information content (AvgIpc) is 2.36. The Labute approximate surface area is 61.1 Å². The minimum atomic E-state index is -0.122. The van der Waals surface area contributed by atoms with Crippen molar-refractivity contribution in [3.63, 3.8) is 0 Å². The summed E-state index contributed by atoms with van der Waals surface area (Å²) in [6.07, 6.45) is 1.89. The van der Waals surface area contributed by atoms with E-state index in [0.717, 1.165) is 18.4 Å². The summed E-state index contributed by atoms with van der Waals surface area (Å²) >= 11 is 0. The number of hydrogen-bond donors (Lipinski definition) is 1. The zero-order valence-electron chi connectivity index (χ0n) is 6.01. The van der Waals surface area contributed by atoms with Crippen molar-refractivity contribution in [2.24, 2.45) is 11.8 Å². The first-order valence-corrected chi connectivity index (χ1v) is 3.76. The van der Waals surface area contributed by atoms with Crippen LogP contribution >= 0.6 is 0 Å². The van der Waals surface area contributed by atoms with Crippen molar-refractivity contribution >= 4 is 0 Å². The Bertz CT molecular complexity index is 205. The number of allylic oxidation sites excluding steroid dienone is 1. The normalized spacial score (nSPS) is 45.1. The maximum Gasteiger partial charge on any atom is 0.0614 e. The molecule has 2 aliphatic rings. The molecule has 0 amide bonds. The number of rotatable bonds is 0. The SMILES string of the molecule is C=C1C(=C)[C@H]2C[C@@H]1C[C@H]2O. The summed E-state index contributed by atoms with van der Waals surface area (Å²) in [5.41, 5.74) is 2.29. The Kier molecular flexibility index (Phi) is 1.07. The molecule has 0 radical (unpaired) electrons. The van der Waals surface area contributed by atoms with Crippen LogP contribution < -0.4 is 0 Å². The largest absolute Gasteiger partial charge is 0.392 e. The van der Waals surface area contributed by atoms with Gasteiger partial charge in [0.05, 0.1) is 6.10 Å². The molecule has 54 valence electrons. The summed E-state index contributed by atoms with van der Waals surface area (Å²) in [4.78, 5) is 0. The van der Waals surface area contributed by atoms with Crippen molar-refractivity contribution in [3.05, 3.63) is 24.3 Å². The van der Waals surface area contributed by atoms with E-state index in [2.05, 4.69) is 13.2 Å². The van der Waals surface area contributed by atoms with Crippen molar-refractivity contribution in [2.45, 2.75) is 18.9 Å². The van der Waals surface area contributed by atoms with E-state index < -0.39 is 0 Å². The Morgan fingerprint density at radius 2 is 1.90 bits per heavy atom. The fraction of sp³-hybridized carbons (Fsp3) is 0.556. The highest BCUT2D eigenvalue weighted by atomic mass is 16.3. The van der Waals surface area contributed by atoms with E-state index in [9.17, 15) is 5.11 Å². The van der Waals surface area contributed by atoms with Gasteiger partial charge in [0.2, 0.25) is 0 Å². The molecule has 2 rings (SSSR count). The van der Waals surface area contributed by atoms with Crippen LogP contribution in [-0.4, -0.2) is 11.2 Å². The minimum Gasteiger partial charge on any atom is -0.392 e. The zero-order chi connectivity index (χ0) is 7.30. The fourth-order valence-electron chi connectivity index (χ4n) is 2.17. The molecule has 0 aliphatic heterocycles. The molecule has 0 aromatic rings. The van der Waals surface area contributed by atoms with Crippen molar-refractivity contribution in [1.82, 2.24) is 0 Å². The highest BCUT2D eigenvalue weighted by Gasteiger charge is 2.43. The first kappa shape index (κ1) is 6.17. The molecular weight excluding hydrogens is 124 g/mol. The summed E-state index contributed by atoms with van der Waals surface area (Å²) in [6, 6.07) is 0. The van der Waals surface area contributed by atoms with E-state index in [-0.39, 0.29) is 6.10 Å². The summed E-state index contributed by atoms with van der Waals surface area (Å²) in [6.45, 7) is 7.85. The van der Waals surface area contributed by atoms with Gasteiger partial charge in [-0.2, -0.15) is 0 Å². The van der Waals surface area contributed by atoms with E-state index in [0.29, 0.717) is 11.8 Å². The lowest BCUT2D eigenvalue weighted by atomic mass is 9.90. The highest BCUT2D eigenvalue weighted by Crippen LogP contribution is 2.50. The molecule has 2 saturated carbocycles. The monoisotopic (exact) mass is 136 g/mol. The molecule has 0 unspecified atom stereocenters. The predicted molar refractivity (Wildman–Crippen MR) is 40.5 cm³/mol. The Morgan fingerprint density at radius 1 is 1.20 bits per heavy atom. The van der Waals surface area contributed by atoms with E-state index in [1.165, 1.54) is 5.57 Å². The Balaban J connectivity index is 2.32. The molecule has 2 aliphatic carbocycles. The number of fused-ring (bicyclic) bond motifs is 2. The van der Waals surface area contributed by atoms with Crippen LogP contribution in [0.15, 0.2) is 24.3 Å². The van der Waals surface area contributed by atoms with Gasteiger partial charge in [-0.15, -0.1) is 0 Å². The molecule has 1 nitrogen and oxygen atoms in total. The predicted octanol–water partition coefficient (Wildman–Crippen LogP) is 1.50. The summed E-state index contributed by atoms with van der Waals surface area (Å²) in [7, 11) is 0. The van der Waals surface area contributed by atoms with Gasteiger partial charge >= 0.3 is 0 Å². The zero-order valence-corrected chi connectivity index (χ0v) is 6.01. The second-order valence-electron chi connectivity index (χ2n) is 3.39. The molecule has 0 saturated heterocycles. The van der Waals surface area contributed by atoms with E-state index >= 15 is 0 Å². The molecule has 0 heterocycles. The van der Waals surface area contributed by atoms with Gasteiger partial charge in [0.15, 0.2) is 0 Å². The molecule has 3 atom stereocenters. The van der Waals surface area contributed by atoms with Gasteiger partial charge in [-0.25, -0.2) is 0 Å². The van der Waals surface area contributed by atoms with Gasteiger partial charge in [0, 0.05) is 5.92 Å². The van der Waals surface area contributed by atoms with Gasteiger partial charge in [-0.1, -0.05) is 13.2 Å². The van der Waals surface area contributed by atoms with Gasteiger partial charge in [-0.05, 0) is 29.9 Å². The van der Waals surface area contributed by atoms with Crippen LogP contribution in [0.5, 0.6) is 0 Å². The maximum absolute atomic E-state index is 9.41. The standard InChI is InChI=1S/C9H12O/c1-5-6(2)8-3-7(5)4-9(8)10/h7-10H,1-4H2/t7-,8-,9-/m1/s1. The molecule has 1 heteroatoms. The summed E-state index contributed by atoms with van der Waals surface area (Å²) in [5.74, 6) is 0.894. The van der Waals surface area contributed by atoms with Crippen molar-refractivity contribution in [2.75, 3.05) is 0 Å². The Morgan fingerprint density at radius 3 is 2.30 bits per heavy atom. The highest BCUT2D eigenvalue weighted by molar-refractivity contribution is 5.39. The lowest BCUT2D eigenvalue weighted by Crippen LogP contribution is -2.18. The van der Waals surface area contributed by atoms with Crippen LogP contribution in [0.4, 0.5) is 0 Å². The lowest BCUT2D eigenvalue weighted by molar-refractivity contribution is 0.142. The molecule has 10 heavy (non-hydrogen) atoms. The number of aliphatic hydroxyl groups excluding tert-OH is 1.